The van der Waals surface area contributed by atoms with Crippen molar-refractivity contribution in [1.82, 2.24) is 15.5 Å². The average molecular weight is 312 g/mol. The van der Waals surface area contributed by atoms with Gasteiger partial charge in [0.15, 0.2) is 0 Å². The molecule has 23 heavy (non-hydrogen) atoms. The van der Waals surface area contributed by atoms with Gasteiger partial charge < -0.3 is 16.2 Å². The number of carbonyl (C=O) groups is 1. The third-order valence-electron chi connectivity index (χ3n) is 4.11. The number of aliphatic hydroxyl groups is 1. The lowest BCUT2D eigenvalue weighted by atomic mass is 10.1. The normalized spacial score (nSPS) is 16.7. The van der Waals surface area contributed by atoms with Crippen molar-refractivity contribution in [3.63, 3.8) is 0 Å². The van der Waals surface area contributed by atoms with Crippen molar-refractivity contribution >= 4 is 5.91 Å². The molecule has 1 amide bonds. The van der Waals surface area contributed by atoms with Crippen LogP contribution in [0.1, 0.15) is 31.0 Å². The van der Waals surface area contributed by atoms with Crippen LogP contribution in [0.2, 0.25) is 0 Å². The molecule has 1 unspecified atom stereocenters. The van der Waals surface area contributed by atoms with Crippen molar-refractivity contribution in [2.75, 3.05) is 0 Å². The van der Waals surface area contributed by atoms with Crippen LogP contribution in [0.15, 0.2) is 36.4 Å². The van der Waals surface area contributed by atoms with Crippen molar-refractivity contribution in [1.29, 1.82) is 0 Å². The highest BCUT2D eigenvalue weighted by Crippen LogP contribution is 2.44. The minimum Gasteiger partial charge on any atom is -0.392 e. The van der Waals surface area contributed by atoms with E-state index in [1.54, 1.807) is 6.92 Å². The van der Waals surface area contributed by atoms with Gasteiger partial charge in [-0.15, -0.1) is 0 Å². The van der Waals surface area contributed by atoms with Crippen molar-refractivity contribution in [2.45, 2.75) is 38.0 Å². The largest absolute Gasteiger partial charge is 0.392 e. The maximum atomic E-state index is 11.8. The molecule has 6 nitrogen and oxygen atoms in total. The molecule has 0 saturated heterocycles. The molecular formula is C17H20N4O2. The van der Waals surface area contributed by atoms with Crippen molar-refractivity contribution in [3.05, 3.63) is 47.7 Å². The van der Waals surface area contributed by atoms with Gasteiger partial charge in [-0.05, 0) is 37.5 Å². The number of aromatic nitrogens is 2. The summed E-state index contributed by atoms with van der Waals surface area (Å²) < 4.78 is 0. The Morgan fingerprint density at radius 2 is 1.96 bits per heavy atom. The van der Waals surface area contributed by atoms with Gasteiger partial charge in [0, 0.05) is 5.56 Å². The van der Waals surface area contributed by atoms with E-state index in [4.69, 9.17) is 10.8 Å². The molecule has 1 atom stereocenters. The summed E-state index contributed by atoms with van der Waals surface area (Å²) in [6.45, 7) is 1.68. The van der Waals surface area contributed by atoms with Gasteiger partial charge in [-0.3, -0.25) is 4.79 Å². The number of rotatable bonds is 5. The van der Waals surface area contributed by atoms with Gasteiger partial charge in [-0.2, -0.15) is 10.2 Å². The summed E-state index contributed by atoms with van der Waals surface area (Å²) in [5.41, 5.74) is 8.52. The van der Waals surface area contributed by atoms with Crippen molar-refractivity contribution in [3.8, 4) is 11.3 Å². The van der Waals surface area contributed by atoms with Crippen LogP contribution in [0.4, 0.5) is 0 Å². The van der Waals surface area contributed by atoms with E-state index in [1.807, 2.05) is 36.4 Å². The lowest BCUT2D eigenvalue weighted by Gasteiger charge is -2.18. The van der Waals surface area contributed by atoms with E-state index in [9.17, 15) is 4.79 Å². The highest BCUT2D eigenvalue weighted by atomic mass is 16.3. The predicted molar refractivity (Wildman–Crippen MR) is 86.1 cm³/mol. The Balaban J connectivity index is 1.78. The molecule has 0 bridgehead atoms. The Labute approximate surface area is 134 Å². The molecule has 0 radical (unpaired) electrons. The smallest absolute Gasteiger partial charge is 0.237 e. The lowest BCUT2D eigenvalue weighted by molar-refractivity contribution is -0.123. The third-order valence-corrected chi connectivity index (χ3v) is 4.11. The van der Waals surface area contributed by atoms with Crippen LogP contribution in [0.3, 0.4) is 0 Å². The van der Waals surface area contributed by atoms with Gasteiger partial charge in [0.1, 0.15) is 0 Å². The lowest BCUT2D eigenvalue weighted by Crippen LogP contribution is -2.44. The van der Waals surface area contributed by atoms with E-state index in [2.05, 4.69) is 15.5 Å². The second kappa shape index (κ2) is 6.06. The van der Waals surface area contributed by atoms with Gasteiger partial charge in [0.05, 0.1) is 29.6 Å². The zero-order valence-corrected chi connectivity index (χ0v) is 13.0. The summed E-state index contributed by atoms with van der Waals surface area (Å²) in [4.78, 5) is 11.8. The Hall–Kier alpha value is -2.31. The number of hydrogen-bond acceptors (Lipinski definition) is 5. The zero-order chi connectivity index (χ0) is 16.4. The Morgan fingerprint density at radius 1 is 1.26 bits per heavy atom. The number of benzene rings is 1. The molecule has 1 aromatic carbocycles. The second-order valence-electron chi connectivity index (χ2n) is 6.02. The SMILES string of the molecule is CC(N)C(=O)NC1(c2ccc(-c3ccc(CO)cc3)nn2)CC1. The summed E-state index contributed by atoms with van der Waals surface area (Å²) >= 11 is 0. The first-order valence-electron chi connectivity index (χ1n) is 7.66. The fourth-order valence-electron chi connectivity index (χ4n) is 2.44. The van der Waals surface area contributed by atoms with E-state index in [0.29, 0.717) is 0 Å². The van der Waals surface area contributed by atoms with Gasteiger partial charge >= 0.3 is 0 Å². The Morgan fingerprint density at radius 3 is 2.43 bits per heavy atom. The number of hydrogen-bond donors (Lipinski definition) is 3. The summed E-state index contributed by atoms with van der Waals surface area (Å²) in [7, 11) is 0. The zero-order valence-electron chi connectivity index (χ0n) is 13.0. The fourth-order valence-corrected chi connectivity index (χ4v) is 2.44. The first-order valence-corrected chi connectivity index (χ1v) is 7.66. The highest BCUT2D eigenvalue weighted by molar-refractivity contribution is 5.82. The summed E-state index contributed by atoms with van der Waals surface area (Å²) in [5, 5.41) is 20.6. The van der Waals surface area contributed by atoms with Crippen molar-refractivity contribution < 1.29 is 9.90 Å². The predicted octanol–water partition coefficient (Wildman–Crippen LogP) is 1.09. The summed E-state index contributed by atoms with van der Waals surface area (Å²) in [5.74, 6) is -0.173. The maximum Gasteiger partial charge on any atom is 0.237 e. The first-order chi connectivity index (χ1) is 11.0. The van der Waals surface area contributed by atoms with Crippen LogP contribution in [0.5, 0.6) is 0 Å². The molecule has 120 valence electrons. The van der Waals surface area contributed by atoms with Crippen molar-refractivity contribution in [2.24, 2.45) is 5.73 Å². The second-order valence-corrected chi connectivity index (χ2v) is 6.02. The number of nitrogens with two attached hydrogens (primary N) is 1. The van der Waals surface area contributed by atoms with E-state index >= 15 is 0 Å². The third kappa shape index (κ3) is 3.23. The number of nitrogens with one attached hydrogen (secondary N) is 1. The van der Waals surface area contributed by atoms with Crippen LogP contribution in [0, 0.1) is 0 Å². The first kappa shape index (κ1) is 15.6. The topological polar surface area (TPSA) is 101 Å². The molecule has 1 aliphatic carbocycles. The van der Waals surface area contributed by atoms with E-state index < -0.39 is 11.6 Å². The molecule has 1 aliphatic rings. The minimum absolute atomic E-state index is 0.0205. The van der Waals surface area contributed by atoms with E-state index in [1.165, 1.54) is 0 Å². The molecule has 0 aliphatic heterocycles. The van der Waals surface area contributed by atoms with Crippen LogP contribution in [0.25, 0.3) is 11.3 Å². The fraction of sp³-hybridized carbons (Fsp3) is 0.353. The van der Waals surface area contributed by atoms with Crippen LogP contribution < -0.4 is 11.1 Å². The number of nitrogens with zero attached hydrogens (tertiary/aromatic N) is 2. The maximum absolute atomic E-state index is 11.8. The van der Waals surface area contributed by atoms with Gasteiger partial charge in [0.2, 0.25) is 5.91 Å². The summed E-state index contributed by atoms with van der Waals surface area (Å²) in [6, 6.07) is 10.8. The quantitative estimate of drug-likeness (QED) is 0.767. The molecule has 1 aromatic heterocycles. The molecule has 0 spiro atoms. The molecular weight excluding hydrogens is 292 g/mol. The monoisotopic (exact) mass is 312 g/mol. The molecule has 4 N–H and O–H groups in total. The Kier molecular flexibility index (Phi) is 4.11. The number of carbonyl (C=O) groups excluding carboxylic acids is 1. The molecule has 6 heteroatoms. The molecule has 2 aromatic rings. The van der Waals surface area contributed by atoms with Gasteiger partial charge in [0.25, 0.3) is 0 Å². The van der Waals surface area contributed by atoms with Gasteiger partial charge in [-0.25, -0.2) is 0 Å². The molecule has 3 rings (SSSR count). The highest BCUT2D eigenvalue weighted by Gasteiger charge is 2.47. The minimum atomic E-state index is -0.537. The van der Waals surface area contributed by atoms with Crippen LogP contribution in [-0.2, 0) is 16.9 Å². The Bertz CT molecular complexity index is 692. The van der Waals surface area contributed by atoms with Crippen LogP contribution >= 0.6 is 0 Å². The summed E-state index contributed by atoms with van der Waals surface area (Å²) in [6.07, 6.45) is 1.70. The standard InChI is InChI=1S/C17H20N4O2/c1-11(18)16(23)19-17(8-9-17)15-7-6-14(20-21-15)13-4-2-12(10-22)3-5-13/h2-7,11,22H,8-10,18H2,1H3,(H,19,23). The molecule has 1 saturated carbocycles. The van der Waals surface area contributed by atoms with E-state index in [-0.39, 0.29) is 12.5 Å². The number of amides is 1. The molecule has 1 heterocycles. The van der Waals surface area contributed by atoms with Gasteiger partial charge in [-0.1, -0.05) is 24.3 Å². The number of aliphatic hydroxyl groups excluding tert-OH is 1. The van der Waals surface area contributed by atoms with Crippen LogP contribution in [-0.4, -0.2) is 27.3 Å². The molecule has 1 fully saturated rings. The van der Waals surface area contributed by atoms with E-state index in [0.717, 1.165) is 35.4 Å². The average Bonchev–Trinajstić information content (AvgIpc) is 3.36.